The van der Waals surface area contributed by atoms with Gasteiger partial charge >= 0.3 is 12.4 Å². The van der Waals surface area contributed by atoms with Gasteiger partial charge in [0.05, 0.1) is 0 Å². The quantitative estimate of drug-likeness (QED) is 0.140. The lowest BCUT2D eigenvalue weighted by atomic mass is 10.1. The van der Waals surface area contributed by atoms with Gasteiger partial charge in [0, 0.05) is 31.6 Å². The molecule has 0 unspecified atom stereocenters. The molecule has 0 radical (unpaired) electrons. The van der Waals surface area contributed by atoms with Crippen molar-refractivity contribution in [2.75, 3.05) is 18.0 Å². The zero-order valence-corrected chi connectivity index (χ0v) is 19.8. The molecule has 0 saturated carbocycles. The van der Waals surface area contributed by atoms with Crippen molar-refractivity contribution in [2.45, 2.75) is 115 Å². The van der Waals surface area contributed by atoms with Crippen molar-refractivity contribution in [1.82, 2.24) is 0 Å². The molecule has 192 valence electrons. The van der Waals surface area contributed by atoms with Crippen molar-refractivity contribution in [3.63, 3.8) is 0 Å². The normalized spacial score (nSPS) is 12.3. The van der Waals surface area contributed by atoms with Crippen molar-refractivity contribution >= 4 is 5.69 Å². The van der Waals surface area contributed by atoms with Crippen LogP contribution >= 0.6 is 0 Å². The molecule has 0 fully saturated rings. The van der Waals surface area contributed by atoms with Gasteiger partial charge in [0.15, 0.2) is 0 Å². The summed E-state index contributed by atoms with van der Waals surface area (Å²) in [5.74, 6) is 0. The maximum absolute atomic E-state index is 12.1. The summed E-state index contributed by atoms with van der Waals surface area (Å²) in [4.78, 5) is 2.40. The molecule has 7 heteroatoms. The van der Waals surface area contributed by atoms with Crippen LogP contribution in [-0.4, -0.2) is 25.4 Å². The van der Waals surface area contributed by atoms with Gasteiger partial charge in [-0.1, -0.05) is 82.4 Å². The second kappa shape index (κ2) is 17.1. The number of anilines is 1. The standard InChI is InChI=1S/C26H41F6N/c27-25(28,29)20-14-7-3-1-5-9-16-22-33(24-18-12-11-13-19-24)23-17-10-6-2-4-8-15-21-26(30,31)32/h11-13,18-19H,1-10,14-17,20-23H2. The highest BCUT2D eigenvalue weighted by Gasteiger charge is 2.26. The van der Waals surface area contributed by atoms with E-state index in [0.717, 1.165) is 77.3 Å². The smallest absolute Gasteiger partial charge is 0.372 e. The zero-order valence-electron chi connectivity index (χ0n) is 19.8. The van der Waals surface area contributed by atoms with Crippen LogP contribution in [0.4, 0.5) is 32.0 Å². The Bertz CT molecular complexity index is 538. The fourth-order valence-electron chi connectivity index (χ4n) is 4.03. The first-order valence-corrected chi connectivity index (χ1v) is 12.6. The van der Waals surface area contributed by atoms with Crippen LogP contribution in [0.2, 0.25) is 0 Å². The van der Waals surface area contributed by atoms with Gasteiger partial charge in [0.25, 0.3) is 0 Å². The molecule has 0 bridgehead atoms. The SMILES string of the molecule is FC(F)(F)CCCCCCCCCN(CCCCCCCCCC(F)(F)F)c1ccccc1. The van der Waals surface area contributed by atoms with Crippen LogP contribution < -0.4 is 4.90 Å². The Morgan fingerprint density at radius 3 is 1.15 bits per heavy atom. The lowest BCUT2D eigenvalue weighted by Gasteiger charge is -2.25. The molecule has 0 spiro atoms. The summed E-state index contributed by atoms with van der Waals surface area (Å²) in [5.41, 5.74) is 1.21. The van der Waals surface area contributed by atoms with E-state index in [0.29, 0.717) is 12.8 Å². The molecule has 1 aromatic rings. The maximum atomic E-state index is 12.1. The molecule has 1 aromatic carbocycles. The number of nitrogens with zero attached hydrogens (tertiary/aromatic N) is 1. The molecule has 1 nitrogen and oxygen atoms in total. The molecule has 1 rings (SSSR count). The summed E-state index contributed by atoms with van der Waals surface area (Å²) in [6, 6.07) is 10.3. The van der Waals surface area contributed by atoms with Crippen molar-refractivity contribution in [3.05, 3.63) is 30.3 Å². The number of halogens is 6. The molecule has 0 saturated heterocycles. The third-order valence-electron chi connectivity index (χ3n) is 5.90. The average molecular weight is 482 g/mol. The third-order valence-corrected chi connectivity index (χ3v) is 5.90. The fourth-order valence-corrected chi connectivity index (χ4v) is 4.03. The van der Waals surface area contributed by atoms with Gasteiger partial charge in [-0.15, -0.1) is 0 Å². The predicted molar refractivity (Wildman–Crippen MR) is 125 cm³/mol. The summed E-state index contributed by atoms with van der Waals surface area (Å²) in [7, 11) is 0. The Kier molecular flexibility index (Phi) is 15.4. The first-order valence-electron chi connectivity index (χ1n) is 12.6. The first-order chi connectivity index (χ1) is 15.7. The van der Waals surface area contributed by atoms with Crippen LogP contribution in [0.15, 0.2) is 30.3 Å². The number of alkyl halides is 6. The lowest BCUT2D eigenvalue weighted by Crippen LogP contribution is -2.25. The first kappa shape index (κ1) is 29.6. The van der Waals surface area contributed by atoms with Crippen LogP contribution in [0.1, 0.15) is 103 Å². The Labute approximate surface area is 195 Å². The Hall–Kier alpha value is -1.40. The molecule has 0 aliphatic rings. The monoisotopic (exact) mass is 481 g/mol. The third kappa shape index (κ3) is 18.7. The molecule has 0 heterocycles. The number of hydrogen-bond donors (Lipinski definition) is 0. The Balaban J connectivity index is 2.13. The number of hydrogen-bond acceptors (Lipinski definition) is 1. The highest BCUT2D eigenvalue weighted by atomic mass is 19.4. The van der Waals surface area contributed by atoms with Crippen molar-refractivity contribution in [2.24, 2.45) is 0 Å². The van der Waals surface area contributed by atoms with E-state index in [1.54, 1.807) is 0 Å². The molecular formula is C26H41F6N. The molecule has 0 aromatic heterocycles. The van der Waals surface area contributed by atoms with E-state index in [9.17, 15) is 26.3 Å². The van der Waals surface area contributed by atoms with Gasteiger partial charge in [-0.25, -0.2) is 0 Å². The number of rotatable bonds is 19. The summed E-state index contributed by atoms with van der Waals surface area (Å²) in [6.45, 7) is 1.94. The minimum atomic E-state index is -4.03. The Morgan fingerprint density at radius 2 is 0.788 bits per heavy atom. The minimum Gasteiger partial charge on any atom is -0.372 e. The van der Waals surface area contributed by atoms with E-state index in [-0.39, 0.29) is 12.8 Å². The highest BCUT2D eigenvalue weighted by molar-refractivity contribution is 5.45. The zero-order chi connectivity index (χ0) is 24.4. The van der Waals surface area contributed by atoms with E-state index in [4.69, 9.17) is 0 Å². The highest BCUT2D eigenvalue weighted by Crippen LogP contribution is 2.24. The predicted octanol–water partition coefficient (Wildman–Crippen LogP) is 9.86. The fraction of sp³-hybridized carbons (Fsp3) is 0.769. The van der Waals surface area contributed by atoms with E-state index >= 15 is 0 Å². The molecule has 0 aliphatic heterocycles. The maximum Gasteiger partial charge on any atom is 0.389 e. The second-order valence-corrected chi connectivity index (χ2v) is 9.00. The lowest BCUT2D eigenvalue weighted by molar-refractivity contribution is -0.136. The van der Waals surface area contributed by atoms with Crippen molar-refractivity contribution < 1.29 is 26.3 Å². The number of unbranched alkanes of at least 4 members (excludes halogenated alkanes) is 12. The van der Waals surface area contributed by atoms with Crippen LogP contribution in [0, 0.1) is 0 Å². The summed E-state index contributed by atoms with van der Waals surface area (Å²) >= 11 is 0. The van der Waals surface area contributed by atoms with Gasteiger partial charge in [-0.05, 0) is 37.8 Å². The number of benzene rings is 1. The van der Waals surface area contributed by atoms with Crippen LogP contribution in [0.25, 0.3) is 0 Å². The van der Waals surface area contributed by atoms with Crippen molar-refractivity contribution in [3.8, 4) is 0 Å². The van der Waals surface area contributed by atoms with Gasteiger partial charge in [-0.3, -0.25) is 0 Å². The van der Waals surface area contributed by atoms with E-state index < -0.39 is 25.2 Å². The van der Waals surface area contributed by atoms with Crippen LogP contribution in [0.3, 0.4) is 0 Å². The summed E-state index contributed by atoms with van der Waals surface area (Å²) in [5, 5.41) is 0. The average Bonchev–Trinajstić information content (AvgIpc) is 2.74. The van der Waals surface area contributed by atoms with Gasteiger partial charge in [0.1, 0.15) is 0 Å². The molecular weight excluding hydrogens is 440 g/mol. The van der Waals surface area contributed by atoms with Crippen LogP contribution in [0.5, 0.6) is 0 Å². The summed E-state index contributed by atoms with van der Waals surface area (Å²) in [6.07, 6.45) is 2.51. The van der Waals surface area contributed by atoms with Gasteiger partial charge in [0.2, 0.25) is 0 Å². The number of para-hydroxylation sites is 1. The molecule has 33 heavy (non-hydrogen) atoms. The van der Waals surface area contributed by atoms with Crippen molar-refractivity contribution in [1.29, 1.82) is 0 Å². The molecule has 0 amide bonds. The molecule has 0 aliphatic carbocycles. The summed E-state index contributed by atoms with van der Waals surface area (Å²) < 4.78 is 72.8. The van der Waals surface area contributed by atoms with Gasteiger partial charge in [-0.2, -0.15) is 26.3 Å². The van der Waals surface area contributed by atoms with E-state index in [1.807, 2.05) is 18.2 Å². The Morgan fingerprint density at radius 1 is 0.455 bits per heavy atom. The second-order valence-electron chi connectivity index (χ2n) is 9.00. The largest absolute Gasteiger partial charge is 0.389 e. The van der Waals surface area contributed by atoms with E-state index in [1.165, 1.54) is 5.69 Å². The van der Waals surface area contributed by atoms with E-state index in [2.05, 4.69) is 17.0 Å². The minimum absolute atomic E-state index is 0.235. The molecule has 0 atom stereocenters. The topological polar surface area (TPSA) is 3.24 Å². The van der Waals surface area contributed by atoms with Crippen LogP contribution in [-0.2, 0) is 0 Å². The van der Waals surface area contributed by atoms with Gasteiger partial charge < -0.3 is 4.90 Å². The molecule has 0 N–H and O–H groups in total.